The van der Waals surface area contributed by atoms with Crippen molar-refractivity contribution in [2.24, 2.45) is 9.98 Å². The molecule has 0 radical (unpaired) electrons. The summed E-state index contributed by atoms with van der Waals surface area (Å²) in [7, 11) is -0.353. The Hall–Kier alpha value is -6.92. The Morgan fingerprint density at radius 1 is 0.459 bits per heavy atom. The van der Waals surface area contributed by atoms with Crippen LogP contribution in [-0.4, -0.2) is 70.2 Å². The fourth-order valence-electron chi connectivity index (χ4n) is 10.4. The van der Waals surface area contributed by atoms with Gasteiger partial charge in [-0.15, -0.1) is 0 Å². The third kappa shape index (κ3) is 11.6. The van der Waals surface area contributed by atoms with E-state index in [0.717, 1.165) is 59.3 Å². The van der Waals surface area contributed by atoms with Gasteiger partial charge in [-0.25, -0.2) is 8.66 Å². The summed E-state index contributed by atoms with van der Waals surface area (Å²) in [6.07, 6.45) is 8.37. The Labute approximate surface area is 438 Å². The molecule has 0 spiro atoms. The molecule has 8 aromatic rings. The molecule has 0 aromatic heterocycles. The quantitative estimate of drug-likeness (QED) is 0.0662. The molecule has 0 bridgehead atoms. The highest BCUT2D eigenvalue weighted by Gasteiger charge is 2.37. The number of aliphatic imine (C=N–C) groups is 2. The maximum Gasteiger partial charge on any atom is 0.200 e. The number of phenolic OH excluding ortho intramolecular Hbond substituents is 2. The van der Waals surface area contributed by atoms with Gasteiger partial charge in [0.15, 0.2) is 14.1 Å². The van der Waals surface area contributed by atoms with Crippen LogP contribution in [0.4, 0.5) is 11.4 Å². The Morgan fingerprint density at radius 3 is 1.07 bits per heavy atom. The van der Waals surface area contributed by atoms with Gasteiger partial charge in [-0.3, -0.25) is 9.98 Å². The van der Waals surface area contributed by atoms with Crippen molar-refractivity contribution in [2.75, 3.05) is 26.8 Å². The van der Waals surface area contributed by atoms with E-state index in [1.807, 2.05) is 62.7 Å². The van der Waals surface area contributed by atoms with Crippen LogP contribution < -0.4 is 21.2 Å². The van der Waals surface area contributed by atoms with Gasteiger partial charge in [0.1, 0.15) is 38.3 Å². The van der Waals surface area contributed by atoms with Crippen molar-refractivity contribution >= 4 is 59.1 Å². The molecule has 1 aliphatic carbocycles. The topological polar surface area (TPSA) is 89.7 Å². The molecule has 2 atom stereocenters. The van der Waals surface area contributed by atoms with Crippen LogP contribution in [0.2, 0.25) is 0 Å². The summed E-state index contributed by atoms with van der Waals surface area (Å²) < 4.78 is 18.4. The minimum absolute atomic E-state index is 0.0836. The molecule has 1 fully saturated rings. The molecule has 0 heterocycles. The summed E-state index contributed by atoms with van der Waals surface area (Å²) in [5.74, 6) is 0.348. The zero-order valence-corrected chi connectivity index (χ0v) is 44.8. The van der Waals surface area contributed by atoms with Crippen LogP contribution in [0, 0.1) is 13.8 Å². The highest BCUT2D eigenvalue weighted by molar-refractivity contribution is 7.79. The Morgan fingerprint density at radius 2 is 0.757 bits per heavy atom. The van der Waals surface area contributed by atoms with Gasteiger partial charge in [-0.2, -0.15) is 0 Å². The maximum absolute atomic E-state index is 11.9. The molecule has 0 aliphatic heterocycles. The van der Waals surface area contributed by atoms with Gasteiger partial charge in [-0.05, 0) is 98.5 Å². The number of rotatable bonds is 18. The Bertz CT molecular complexity index is 3010. The van der Waals surface area contributed by atoms with Crippen molar-refractivity contribution in [3.63, 3.8) is 0 Å². The first-order chi connectivity index (χ1) is 36.2. The molecular weight excluding hydrogens is 951 g/mol. The van der Waals surface area contributed by atoms with Crippen LogP contribution in [0.25, 0.3) is 0 Å². The standard InChI is InChI=1S/C64H66N4O4P2/c1-49-39-51(63(69)53(41-49)45-71-47-73(57-29-15-7-16-30-57,58-31-17-8-18-32-58)67(3)55-25-11-5-12-26-55)43-65-61-37-23-24-38-62(61)66-44-52-40-50(2)42-54(64(52)70)46-72-48-74(59-33-19-9-20-34-59,60-35-21-10-22-36-60)68(4)56-27-13-6-14-28-56/h5-22,25-36,39-44,61-62H,23-24,37-38,45-48H2,1-4H3/p+2. The molecule has 74 heavy (non-hydrogen) atoms. The van der Waals surface area contributed by atoms with E-state index in [1.165, 1.54) is 21.2 Å². The van der Waals surface area contributed by atoms with E-state index >= 15 is 0 Å². The van der Waals surface area contributed by atoms with Gasteiger partial charge >= 0.3 is 0 Å². The van der Waals surface area contributed by atoms with Crippen molar-refractivity contribution in [3.8, 4) is 11.5 Å². The molecule has 0 saturated heterocycles. The van der Waals surface area contributed by atoms with Gasteiger partial charge < -0.3 is 19.7 Å². The first-order valence-electron chi connectivity index (χ1n) is 25.6. The summed E-state index contributed by atoms with van der Waals surface area (Å²) in [5.41, 5.74) is 7.01. The van der Waals surface area contributed by atoms with Crippen LogP contribution in [0.3, 0.4) is 0 Å². The van der Waals surface area contributed by atoms with Crippen LogP contribution in [0.1, 0.15) is 59.1 Å². The molecule has 9 rings (SSSR count). The SMILES string of the molecule is Cc1cc(/C=N/C2CCCCC2/N=C/c2cc(C)cc(COCP(c3ccccc3)(c3ccccc3)=[N+](C)c3ccccc3)c2O)c(O)c(COCP(c2ccccc2)(c2ccccc2)=[N+](C)c2ccccc2)c1. The van der Waals surface area contributed by atoms with Gasteiger partial charge in [-0.1, -0.05) is 134 Å². The summed E-state index contributed by atoms with van der Waals surface area (Å²) >= 11 is 0. The largest absolute Gasteiger partial charge is 0.507 e. The van der Waals surface area contributed by atoms with Gasteiger partial charge in [0.05, 0.1) is 25.3 Å². The predicted octanol–water partition coefficient (Wildman–Crippen LogP) is 13.2. The molecule has 0 amide bonds. The number of ether oxygens (including phenoxy) is 2. The number of nitrogens with zero attached hydrogens (tertiary/aromatic N) is 4. The van der Waals surface area contributed by atoms with E-state index in [4.69, 9.17) is 19.5 Å². The monoisotopic (exact) mass is 1020 g/mol. The van der Waals surface area contributed by atoms with E-state index in [0.29, 0.717) is 23.8 Å². The highest BCUT2D eigenvalue weighted by Crippen LogP contribution is 2.50. The Balaban J connectivity index is 0.936. The summed E-state index contributed by atoms with van der Waals surface area (Å²) in [6, 6.07) is 71.5. The lowest BCUT2D eigenvalue weighted by Crippen LogP contribution is -2.27. The number of benzene rings is 8. The summed E-state index contributed by atoms with van der Waals surface area (Å²) in [6.45, 7) is 4.55. The normalized spacial score (nSPS) is 15.1. The van der Waals surface area contributed by atoms with Crippen LogP contribution in [0.5, 0.6) is 11.5 Å². The molecule has 1 aliphatic rings. The first-order valence-corrected chi connectivity index (χ1v) is 29.5. The Kier molecular flexibility index (Phi) is 17.1. The minimum Gasteiger partial charge on any atom is -0.507 e. The number of hydrogen-bond acceptors (Lipinski definition) is 6. The smallest absolute Gasteiger partial charge is 0.200 e. The van der Waals surface area contributed by atoms with E-state index in [-0.39, 0.29) is 36.8 Å². The zero-order chi connectivity index (χ0) is 51.3. The molecular formula is C64H68N4O4P2+2. The van der Waals surface area contributed by atoms with Crippen LogP contribution >= 0.6 is 14.1 Å². The molecule has 2 unspecified atom stereocenters. The van der Waals surface area contributed by atoms with Crippen LogP contribution in [0.15, 0.2) is 216 Å². The maximum atomic E-state index is 11.9. The van der Waals surface area contributed by atoms with E-state index in [1.54, 1.807) is 0 Å². The molecule has 8 aromatic carbocycles. The lowest BCUT2D eigenvalue weighted by Gasteiger charge is -2.26. The first kappa shape index (κ1) is 52.0. The molecule has 1 saturated carbocycles. The lowest BCUT2D eigenvalue weighted by molar-refractivity contribution is -0.383. The molecule has 8 nitrogen and oxygen atoms in total. The second kappa shape index (κ2) is 24.4. The van der Waals surface area contributed by atoms with E-state index in [9.17, 15) is 10.2 Å². The number of hydrogen-bond donors (Lipinski definition) is 2. The molecule has 376 valence electrons. The zero-order valence-electron chi connectivity index (χ0n) is 43.0. The van der Waals surface area contributed by atoms with E-state index < -0.39 is 14.1 Å². The fourth-order valence-corrected chi connectivity index (χ4v) is 17.7. The third-order valence-electron chi connectivity index (χ3n) is 14.3. The van der Waals surface area contributed by atoms with Crippen LogP contribution in [-0.2, 0) is 22.7 Å². The number of para-hydroxylation sites is 2. The summed E-state index contributed by atoms with van der Waals surface area (Å²) in [4.78, 5) is 10.3. The molecule has 2 N–H and O–H groups in total. The number of aromatic hydroxyl groups is 2. The van der Waals surface area contributed by atoms with Crippen molar-refractivity contribution in [3.05, 3.63) is 240 Å². The second-order valence-electron chi connectivity index (χ2n) is 19.3. The second-order valence-corrected chi connectivity index (χ2v) is 26.1. The fraction of sp³-hybridized carbons (Fsp3) is 0.219. The van der Waals surface area contributed by atoms with Crippen molar-refractivity contribution < 1.29 is 28.3 Å². The summed E-state index contributed by atoms with van der Waals surface area (Å²) in [5, 5.41) is 28.6. The van der Waals surface area contributed by atoms with Crippen molar-refractivity contribution in [1.29, 1.82) is 0 Å². The lowest BCUT2D eigenvalue weighted by atomic mass is 9.91. The van der Waals surface area contributed by atoms with Crippen molar-refractivity contribution in [2.45, 2.75) is 64.8 Å². The number of phenols is 2. The van der Waals surface area contributed by atoms with Gasteiger partial charge in [0.25, 0.3) is 0 Å². The average Bonchev–Trinajstić information content (AvgIpc) is 3.45. The van der Waals surface area contributed by atoms with E-state index in [2.05, 4.69) is 193 Å². The molecule has 10 heteroatoms. The van der Waals surface area contributed by atoms with Gasteiger partial charge in [0, 0.05) is 80.2 Å². The highest BCUT2D eigenvalue weighted by atomic mass is 31.2. The third-order valence-corrected chi connectivity index (χ3v) is 22.6. The average molecular weight is 1020 g/mol. The van der Waals surface area contributed by atoms with Gasteiger partial charge in [0.2, 0.25) is 11.4 Å². The predicted molar refractivity (Wildman–Crippen MR) is 309 cm³/mol. The minimum atomic E-state index is -2.34. The number of aryl methyl sites for hydroxylation is 2. The van der Waals surface area contributed by atoms with Crippen molar-refractivity contribution in [1.82, 2.24) is 0 Å².